The third-order valence-electron chi connectivity index (χ3n) is 1.50. The van der Waals surface area contributed by atoms with Gasteiger partial charge in [-0.1, -0.05) is 11.6 Å². The summed E-state index contributed by atoms with van der Waals surface area (Å²) in [5, 5.41) is 5.87. The van der Waals surface area contributed by atoms with Crippen LogP contribution in [-0.2, 0) is 5.92 Å². The molecule has 0 saturated carbocycles. The highest BCUT2D eigenvalue weighted by Crippen LogP contribution is 2.46. The van der Waals surface area contributed by atoms with E-state index in [1.54, 1.807) is 0 Å². The SMILES string of the molecule is FC(F)C(F)(F)C(F)(F)c1n[nH]nc1Cl. The number of H-pyrrole nitrogens is 1. The van der Waals surface area contributed by atoms with E-state index in [1.165, 1.54) is 5.21 Å². The minimum absolute atomic E-state index is 1.08. The van der Waals surface area contributed by atoms with Gasteiger partial charge in [0, 0.05) is 0 Å². The molecule has 0 radical (unpaired) electrons. The topological polar surface area (TPSA) is 41.6 Å². The number of hydrogen-bond acceptors (Lipinski definition) is 2. The van der Waals surface area contributed by atoms with Crippen LogP contribution >= 0.6 is 11.6 Å². The Morgan fingerprint density at radius 1 is 1.13 bits per heavy atom. The number of rotatable bonds is 3. The number of nitrogens with one attached hydrogen (secondary N) is 1. The summed E-state index contributed by atoms with van der Waals surface area (Å²) in [6.45, 7) is 0. The van der Waals surface area contributed by atoms with Crippen molar-refractivity contribution in [2.75, 3.05) is 0 Å². The Morgan fingerprint density at radius 3 is 2.00 bits per heavy atom. The van der Waals surface area contributed by atoms with E-state index in [0.717, 1.165) is 0 Å². The van der Waals surface area contributed by atoms with Crippen molar-refractivity contribution in [3.05, 3.63) is 10.8 Å². The van der Waals surface area contributed by atoms with Crippen LogP contribution < -0.4 is 0 Å². The summed E-state index contributed by atoms with van der Waals surface area (Å²) < 4.78 is 73.9. The summed E-state index contributed by atoms with van der Waals surface area (Å²) in [6.07, 6.45) is -4.54. The van der Waals surface area contributed by atoms with Gasteiger partial charge in [-0.05, 0) is 0 Å². The fourth-order valence-electron chi connectivity index (χ4n) is 0.713. The van der Waals surface area contributed by atoms with Crippen LogP contribution in [0.5, 0.6) is 0 Å². The van der Waals surface area contributed by atoms with E-state index in [9.17, 15) is 26.3 Å². The van der Waals surface area contributed by atoms with Crippen LogP contribution in [0.4, 0.5) is 26.3 Å². The summed E-state index contributed by atoms with van der Waals surface area (Å²) in [5.74, 6) is -10.8. The second-order valence-electron chi connectivity index (χ2n) is 2.46. The number of nitrogens with zero attached hydrogens (tertiary/aromatic N) is 2. The highest BCUT2D eigenvalue weighted by atomic mass is 35.5. The quantitative estimate of drug-likeness (QED) is 0.841. The van der Waals surface area contributed by atoms with Crippen LogP contribution in [0, 0.1) is 0 Å². The lowest BCUT2D eigenvalue weighted by molar-refractivity contribution is -0.271. The molecule has 0 saturated heterocycles. The highest BCUT2D eigenvalue weighted by Gasteiger charge is 2.66. The van der Waals surface area contributed by atoms with Crippen molar-refractivity contribution in [1.82, 2.24) is 15.4 Å². The van der Waals surface area contributed by atoms with Crippen molar-refractivity contribution in [2.45, 2.75) is 18.3 Å². The van der Waals surface area contributed by atoms with Crippen LogP contribution in [0.2, 0.25) is 5.15 Å². The van der Waals surface area contributed by atoms with E-state index < -0.39 is 29.1 Å². The molecule has 0 aliphatic heterocycles. The number of aromatic amines is 1. The molecule has 0 fully saturated rings. The molecule has 3 nitrogen and oxygen atoms in total. The summed E-state index contributed by atoms with van der Waals surface area (Å²) in [7, 11) is 0. The zero-order valence-corrected chi connectivity index (χ0v) is 7.37. The maximum atomic E-state index is 12.8. The van der Waals surface area contributed by atoms with Gasteiger partial charge in [-0.15, -0.1) is 5.10 Å². The Balaban J connectivity index is 3.18. The predicted molar refractivity (Wildman–Crippen MR) is 36.2 cm³/mol. The lowest BCUT2D eigenvalue weighted by atomic mass is 10.1. The van der Waals surface area contributed by atoms with E-state index in [-0.39, 0.29) is 0 Å². The zero-order valence-electron chi connectivity index (χ0n) is 6.62. The Kier molecular flexibility index (Phi) is 2.85. The van der Waals surface area contributed by atoms with Crippen molar-refractivity contribution in [2.24, 2.45) is 0 Å². The molecule has 0 aliphatic carbocycles. The van der Waals surface area contributed by atoms with Crippen molar-refractivity contribution < 1.29 is 26.3 Å². The summed E-state index contributed by atoms with van der Waals surface area (Å²) in [5.41, 5.74) is -1.71. The summed E-state index contributed by atoms with van der Waals surface area (Å²) >= 11 is 4.97. The van der Waals surface area contributed by atoms with E-state index in [4.69, 9.17) is 11.6 Å². The molecule has 86 valence electrons. The minimum Gasteiger partial charge on any atom is -0.203 e. The van der Waals surface area contributed by atoms with Crippen molar-refractivity contribution in [3.8, 4) is 0 Å². The first-order valence-electron chi connectivity index (χ1n) is 3.31. The molecule has 15 heavy (non-hydrogen) atoms. The fourth-order valence-corrected chi connectivity index (χ4v) is 0.911. The van der Waals surface area contributed by atoms with Gasteiger partial charge in [0.25, 0.3) is 0 Å². The van der Waals surface area contributed by atoms with E-state index in [2.05, 4.69) is 10.2 Å². The van der Waals surface area contributed by atoms with Crippen LogP contribution in [0.25, 0.3) is 0 Å². The molecular formula is C5H2ClF6N3. The molecule has 1 aromatic heterocycles. The smallest absolute Gasteiger partial charge is 0.203 e. The first-order chi connectivity index (χ1) is 6.71. The first-order valence-corrected chi connectivity index (χ1v) is 3.69. The van der Waals surface area contributed by atoms with Crippen LogP contribution in [0.15, 0.2) is 0 Å². The van der Waals surface area contributed by atoms with Gasteiger partial charge in [-0.25, -0.2) is 8.78 Å². The molecule has 0 bridgehead atoms. The van der Waals surface area contributed by atoms with Gasteiger partial charge in [-0.3, -0.25) is 0 Å². The number of aromatic nitrogens is 3. The maximum absolute atomic E-state index is 12.8. The van der Waals surface area contributed by atoms with Gasteiger partial charge in [0.15, 0.2) is 10.8 Å². The van der Waals surface area contributed by atoms with Crippen LogP contribution in [-0.4, -0.2) is 27.8 Å². The average molecular weight is 254 g/mol. The first kappa shape index (κ1) is 12.1. The van der Waals surface area contributed by atoms with Crippen molar-refractivity contribution in [1.29, 1.82) is 0 Å². The minimum atomic E-state index is -5.56. The molecule has 0 aliphatic rings. The van der Waals surface area contributed by atoms with Crippen molar-refractivity contribution in [3.63, 3.8) is 0 Å². The normalized spacial score (nSPS) is 13.6. The number of hydrogen-bond donors (Lipinski definition) is 1. The zero-order chi connectivity index (χ0) is 11.9. The fraction of sp³-hybridized carbons (Fsp3) is 0.600. The maximum Gasteiger partial charge on any atom is 0.375 e. The van der Waals surface area contributed by atoms with Gasteiger partial charge >= 0.3 is 18.3 Å². The summed E-state index contributed by atoms with van der Waals surface area (Å²) in [6, 6.07) is 0. The molecule has 0 aromatic carbocycles. The molecule has 1 N–H and O–H groups in total. The van der Waals surface area contributed by atoms with Gasteiger partial charge in [0.05, 0.1) is 0 Å². The Morgan fingerprint density at radius 2 is 1.67 bits per heavy atom. The van der Waals surface area contributed by atoms with Gasteiger partial charge in [0.1, 0.15) is 0 Å². The molecule has 0 atom stereocenters. The Bertz CT molecular complexity index is 350. The Hall–Kier alpha value is -0.990. The molecule has 0 amide bonds. The Labute approximate surface area is 83.4 Å². The van der Waals surface area contributed by atoms with Crippen molar-refractivity contribution >= 4 is 11.6 Å². The largest absolute Gasteiger partial charge is 0.375 e. The second kappa shape index (κ2) is 3.54. The van der Waals surface area contributed by atoms with E-state index in [0.29, 0.717) is 0 Å². The lowest BCUT2D eigenvalue weighted by Gasteiger charge is -2.23. The van der Waals surface area contributed by atoms with Gasteiger partial charge in [-0.2, -0.15) is 27.9 Å². The summed E-state index contributed by atoms with van der Waals surface area (Å²) in [4.78, 5) is 0. The van der Waals surface area contributed by atoms with Crippen LogP contribution in [0.1, 0.15) is 5.69 Å². The standard InChI is InChI=1S/C5H2ClF6N3/c6-2-1(13-15-14-2)4(9,10)5(11,12)3(7)8/h3H,(H,13,14,15). The average Bonchev–Trinajstić information content (AvgIpc) is 2.51. The van der Waals surface area contributed by atoms with Crippen LogP contribution in [0.3, 0.4) is 0 Å². The molecule has 1 aromatic rings. The number of halogens is 7. The van der Waals surface area contributed by atoms with Gasteiger partial charge < -0.3 is 0 Å². The molecule has 0 spiro atoms. The second-order valence-corrected chi connectivity index (χ2v) is 2.82. The number of alkyl halides is 6. The third-order valence-corrected chi connectivity index (χ3v) is 1.76. The van der Waals surface area contributed by atoms with E-state index >= 15 is 0 Å². The molecule has 10 heteroatoms. The molecular weight excluding hydrogens is 252 g/mol. The molecule has 0 unspecified atom stereocenters. The molecule has 1 rings (SSSR count). The molecule has 1 heterocycles. The predicted octanol–water partition coefficient (Wildman–Crippen LogP) is 2.45. The third kappa shape index (κ3) is 1.75. The lowest BCUT2D eigenvalue weighted by Crippen LogP contribution is -2.44. The van der Waals surface area contributed by atoms with E-state index in [1.807, 2.05) is 0 Å². The van der Waals surface area contributed by atoms with Gasteiger partial charge in [0.2, 0.25) is 0 Å². The highest BCUT2D eigenvalue weighted by molar-refractivity contribution is 6.30. The monoisotopic (exact) mass is 253 g/mol.